The molecule has 1 aromatic heterocycles. The molecule has 0 unspecified atom stereocenters. The Morgan fingerprint density at radius 1 is 0.964 bits per heavy atom. The summed E-state index contributed by atoms with van der Waals surface area (Å²) in [5, 5.41) is 14.7. The number of aliphatic hydroxyl groups excluding tert-OH is 1. The summed E-state index contributed by atoms with van der Waals surface area (Å²) in [7, 11) is 3.94. The van der Waals surface area contributed by atoms with E-state index in [-0.39, 0.29) is 5.76 Å². The van der Waals surface area contributed by atoms with Crippen LogP contribution in [0.15, 0.2) is 79.1 Å². The zero-order valence-corrected chi connectivity index (χ0v) is 17.2. The molecule has 3 aromatic rings. The number of rotatable bonds is 5. The van der Waals surface area contributed by atoms with E-state index < -0.39 is 0 Å². The van der Waals surface area contributed by atoms with Crippen molar-refractivity contribution < 1.29 is 9.67 Å². The third kappa shape index (κ3) is 4.50. The second kappa shape index (κ2) is 8.87. The zero-order chi connectivity index (χ0) is 20.1. The van der Waals surface area contributed by atoms with Crippen molar-refractivity contribution in [2.45, 2.75) is 0 Å². The number of thiocarbonyl (C=S) groups is 1. The van der Waals surface area contributed by atoms with Crippen molar-refractivity contribution >= 4 is 51.6 Å². The molecule has 2 N–H and O–H groups in total. The van der Waals surface area contributed by atoms with Gasteiger partial charge in [0, 0.05) is 43.2 Å². The van der Waals surface area contributed by atoms with Crippen LogP contribution < -0.4 is 14.8 Å². The molecule has 0 aliphatic heterocycles. The van der Waals surface area contributed by atoms with Crippen LogP contribution in [0, 0.1) is 0 Å². The van der Waals surface area contributed by atoms with Gasteiger partial charge in [-0.1, -0.05) is 54.2 Å². The van der Waals surface area contributed by atoms with E-state index in [9.17, 15) is 5.11 Å². The predicted octanol–water partition coefficient (Wildman–Crippen LogP) is 5.02. The van der Waals surface area contributed by atoms with Crippen molar-refractivity contribution in [2.75, 3.05) is 24.3 Å². The molecule has 0 atom stereocenters. The first-order chi connectivity index (χ1) is 13.5. The molecule has 0 radical (unpaired) electrons. The number of hydrogen-bond donors (Lipinski definition) is 2. The Morgan fingerprint density at radius 3 is 2.18 bits per heavy atom. The summed E-state index contributed by atoms with van der Waals surface area (Å²) in [5.74, 6) is 0.00151. The van der Waals surface area contributed by atoms with Crippen LogP contribution in [0.3, 0.4) is 0 Å². The molecule has 3 rings (SSSR count). The largest absolute Gasteiger partial charge is 0.502 e. The molecule has 0 saturated heterocycles. The SMILES string of the molecule is CN(C)c1cc[n+](/C(C(=S)Nc2ccccc2)=C(\O)c2ccccc2Cl)cc1. The Balaban J connectivity index is 2.09. The maximum absolute atomic E-state index is 11.1. The number of nitrogens with zero attached hydrogens (tertiary/aromatic N) is 2. The summed E-state index contributed by atoms with van der Waals surface area (Å²) in [6.45, 7) is 0. The number of hydrogen-bond acceptors (Lipinski definition) is 3. The van der Waals surface area contributed by atoms with E-state index in [4.69, 9.17) is 23.8 Å². The van der Waals surface area contributed by atoms with Crippen LogP contribution in [0.2, 0.25) is 5.02 Å². The van der Waals surface area contributed by atoms with Crippen molar-refractivity contribution in [3.8, 4) is 0 Å². The molecule has 0 spiro atoms. The van der Waals surface area contributed by atoms with Crippen molar-refractivity contribution in [3.63, 3.8) is 0 Å². The van der Waals surface area contributed by atoms with Crippen molar-refractivity contribution in [1.82, 2.24) is 0 Å². The molecule has 2 aromatic carbocycles. The minimum atomic E-state index is 0.00151. The van der Waals surface area contributed by atoms with E-state index in [2.05, 4.69) is 5.32 Å². The molecule has 28 heavy (non-hydrogen) atoms. The average Bonchev–Trinajstić information content (AvgIpc) is 2.69. The summed E-state index contributed by atoms with van der Waals surface area (Å²) in [6.07, 6.45) is 3.72. The fourth-order valence-corrected chi connectivity index (χ4v) is 3.25. The fraction of sp³-hybridized carbons (Fsp3) is 0.0909. The van der Waals surface area contributed by atoms with Gasteiger partial charge in [-0.3, -0.25) is 0 Å². The van der Waals surface area contributed by atoms with Gasteiger partial charge in [0.25, 0.3) is 5.70 Å². The van der Waals surface area contributed by atoms with Crippen LogP contribution in [-0.4, -0.2) is 24.2 Å². The van der Waals surface area contributed by atoms with E-state index >= 15 is 0 Å². The summed E-state index contributed by atoms with van der Waals surface area (Å²) in [4.78, 5) is 2.38. The minimum absolute atomic E-state index is 0.00151. The first kappa shape index (κ1) is 19.9. The summed E-state index contributed by atoms with van der Waals surface area (Å²) >= 11 is 11.9. The summed E-state index contributed by atoms with van der Waals surface area (Å²) < 4.78 is 1.78. The Morgan fingerprint density at radius 2 is 1.57 bits per heavy atom. The lowest BCUT2D eigenvalue weighted by molar-refractivity contribution is -0.575. The van der Waals surface area contributed by atoms with Gasteiger partial charge in [-0.05, 0) is 24.3 Å². The molecule has 0 amide bonds. The highest BCUT2D eigenvalue weighted by molar-refractivity contribution is 7.81. The van der Waals surface area contributed by atoms with Crippen LogP contribution in [-0.2, 0) is 0 Å². The van der Waals surface area contributed by atoms with Gasteiger partial charge in [-0.2, -0.15) is 4.57 Å². The van der Waals surface area contributed by atoms with Crippen LogP contribution in [0.25, 0.3) is 11.5 Å². The van der Waals surface area contributed by atoms with Gasteiger partial charge in [-0.25, -0.2) is 0 Å². The Kier molecular flexibility index (Phi) is 6.29. The highest BCUT2D eigenvalue weighted by atomic mass is 35.5. The molecule has 6 heteroatoms. The molecular formula is C22H21ClN3OS+. The van der Waals surface area contributed by atoms with Crippen molar-refractivity contribution in [1.29, 1.82) is 0 Å². The monoisotopic (exact) mass is 410 g/mol. The first-order valence-electron chi connectivity index (χ1n) is 8.71. The molecular weight excluding hydrogens is 390 g/mol. The lowest BCUT2D eigenvalue weighted by Gasteiger charge is -2.13. The van der Waals surface area contributed by atoms with Crippen LogP contribution >= 0.6 is 23.8 Å². The van der Waals surface area contributed by atoms with Gasteiger partial charge < -0.3 is 15.3 Å². The quantitative estimate of drug-likeness (QED) is 0.268. The molecule has 0 fully saturated rings. The van der Waals surface area contributed by atoms with Crippen molar-refractivity contribution in [3.05, 3.63) is 89.7 Å². The van der Waals surface area contributed by atoms with Gasteiger partial charge in [0.2, 0.25) is 5.76 Å². The first-order valence-corrected chi connectivity index (χ1v) is 9.49. The molecule has 1 heterocycles. The number of halogens is 1. The fourth-order valence-electron chi connectivity index (χ4n) is 2.71. The van der Waals surface area contributed by atoms with Crippen LogP contribution in [0.4, 0.5) is 11.4 Å². The standard InChI is InChI=1S/C22H20ClN3OS/c1-25(2)17-12-14-26(15-13-17)20(21(27)18-10-6-7-11-19(18)23)22(28)24-16-8-4-3-5-9-16/h3-15H,1-2H3,(H-,24,27,28)/p+1. The molecule has 0 bridgehead atoms. The molecule has 142 valence electrons. The third-order valence-electron chi connectivity index (χ3n) is 4.19. The maximum atomic E-state index is 11.1. The number of aliphatic hydroxyl groups is 1. The number of anilines is 2. The summed E-state index contributed by atoms with van der Waals surface area (Å²) in [5.41, 5.74) is 2.83. The molecule has 0 aliphatic rings. The van der Waals surface area contributed by atoms with E-state index in [0.717, 1.165) is 11.4 Å². The van der Waals surface area contributed by atoms with Gasteiger partial charge in [0.05, 0.1) is 5.02 Å². The Bertz CT molecular complexity index is 1000. The zero-order valence-electron chi connectivity index (χ0n) is 15.6. The van der Waals surface area contributed by atoms with Crippen LogP contribution in [0.5, 0.6) is 0 Å². The lowest BCUT2D eigenvalue weighted by Crippen LogP contribution is -2.38. The topological polar surface area (TPSA) is 39.4 Å². The molecule has 0 aliphatic carbocycles. The highest BCUT2D eigenvalue weighted by Gasteiger charge is 2.25. The lowest BCUT2D eigenvalue weighted by atomic mass is 10.1. The second-order valence-corrected chi connectivity index (χ2v) is 7.17. The molecule has 0 saturated carbocycles. The number of aromatic nitrogens is 1. The maximum Gasteiger partial charge on any atom is 0.288 e. The van der Waals surface area contributed by atoms with Gasteiger partial charge in [0.15, 0.2) is 17.4 Å². The van der Waals surface area contributed by atoms with Crippen LogP contribution in [0.1, 0.15) is 5.56 Å². The number of benzene rings is 2. The summed E-state index contributed by atoms with van der Waals surface area (Å²) in [6, 6.07) is 20.6. The van der Waals surface area contributed by atoms with E-state index in [1.165, 1.54) is 0 Å². The van der Waals surface area contributed by atoms with Gasteiger partial charge in [-0.15, -0.1) is 0 Å². The number of para-hydroxylation sites is 1. The normalized spacial score (nSPS) is 11.5. The minimum Gasteiger partial charge on any atom is -0.502 e. The smallest absolute Gasteiger partial charge is 0.288 e. The Hall–Kier alpha value is -2.89. The van der Waals surface area contributed by atoms with E-state index in [0.29, 0.717) is 21.3 Å². The molecule has 4 nitrogen and oxygen atoms in total. The van der Waals surface area contributed by atoms with Gasteiger partial charge in [0.1, 0.15) is 0 Å². The van der Waals surface area contributed by atoms with E-state index in [1.807, 2.05) is 86.0 Å². The van der Waals surface area contributed by atoms with E-state index in [1.54, 1.807) is 16.7 Å². The predicted molar refractivity (Wildman–Crippen MR) is 121 cm³/mol. The number of pyridine rings is 1. The highest BCUT2D eigenvalue weighted by Crippen LogP contribution is 2.25. The average molecular weight is 411 g/mol. The van der Waals surface area contributed by atoms with Gasteiger partial charge >= 0.3 is 0 Å². The van der Waals surface area contributed by atoms with Crippen molar-refractivity contribution in [2.24, 2.45) is 0 Å². The Labute approximate surface area is 175 Å². The third-order valence-corrected chi connectivity index (χ3v) is 4.81. The number of nitrogens with one attached hydrogen (secondary N) is 1. The second-order valence-electron chi connectivity index (χ2n) is 6.36.